The third-order valence-electron chi connectivity index (χ3n) is 3.18. The Morgan fingerprint density at radius 2 is 1.84 bits per heavy atom. The molecule has 96 valence electrons. The van der Waals surface area contributed by atoms with Crippen LogP contribution in [0.15, 0.2) is 53.5 Å². The summed E-state index contributed by atoms with van der Waals surface area (Å²) in [5, 5.41) is 1.65. The third kappa shape index (κ3) is 2.06. The van der Waals surface area contributed by atoms with Crippen molar-refractivity contribution in [3.05, 3.63) is 59.7 Å². The monoisotopic (exact) mass is 253 g/mol. The summed E-state index contributed by atoms with van der Waals surface area (Å²) in [5.41, 5.74) is 3.00. The topological polar surface area (TPSA) is 50.8 Å². The average Bonchev–Trinajstić information content (AvgIpc) is 2.46. The second-order valence-electron chi connectivity index (χ2n) is 4.39. The van der Waals surface area contributed by atoms with Gasteiger partial charge in [0.25, 0.3) is 0 Å². The number of nitrogens with zero attached hydrogens (tertiary/aromatic N) is 2. The predicted molar refractivity (Wildman–Crippen MR) is 75.4 cm³/mol. The molecule has 1 aliphatic rings. The van der Waals surface area contributed by atoms with E-state index in [2.05, 4.69) is 4.99 Å². The van der Waals surface area contributed by atoms with E-state index in [4.69, 9.17) is 10.6 Å². The van der Waals surface area contributed by atoms with Crippen LogP contribution in [0.2, 0.25) is 0 Å². The highest BCUT2D eigenvalue weighted by molar-refractivity contribution is 6.03. The molecule has 0 atom stereocenters. The van der Waals surface area contributed by atoms with Crippen molar-refractivity contribution in [2.24, 2.45) is 10.8 Å². The fraction of sp³-hybridized carbons (Fsp3) is 0.133. The van der Waals surface area contributed by atoms with Crippen molar-refractivity contribution in [1.29, 1.82) is 0 Å². The largest absolute Gasteiger partial charge is 0.496 e. The molecule has 19 heavy (non-hydrogen) atoms. The Morgan fingerprint density at radius 3 is 2.68 bits per heavy atom. The molecule has 0 amide bonds. The zero-order valence-electron chi connectivity index (χ0n) is 10.7. The first-order valence-electron chi connectivity index (χ1n) is 6.12. The lowest BCUT2D eigenvalue weighted by molar-refractivity contribution is 0.404. The van der Waals surface area contributed by atoms with Crippen LogP contribution in [-0.4, -0.2) is 18.0 Å². The molecule has 0 bridgehead atoms. The number of methoxy groups -OCH3 is 1. The van der Waals surface area contributed by atoms with Crippen molar-refractivity contribution in [3.8, 4) is 5.75 Å². The molecule has 0 radical (unpaired) electrons. The number of benzene rings is 2. The van der Waals surface area contributed by atoms with Crippen LogP contribution in [0, 0.1) is 0 Å². The summed E-state index contributed by atoms with van der Waals surface area (Å²) in [6.45, 7) is 0.646. The van der Waals surface area contributed by atoms with E-state index in [9.17, 15) is 0 Å². The van der Waals surface area contributed by atoms with Gasteiger partial charge in [-0.05, 0) is 23.8 Å². The number of hydrazine groups is 1. The summed E-state index contributed by atoms with van der Waals surface area (Å²) < 4.78 is 5.37. The van der Waals surface area contributed by atoms with Crippen LogP contribution in [0.5, 0.6) is 5.75 Å². The maximum Gasteiger partial charge on any atom is 0.154 e. The lowest BCUT2D eigenvalue weighted by Gasteiger charge is -2.27. The van der Waals surface area contributed by atoms with Crippen molar-refractivity contribution >= 4 is 11.5 Å². The van der Waals surface area contributed by atoms with Crippen molar-refractivity contribution in [3.63, 3.8) is 0 Å². The van der Waals surface area contributed by atoms with Gasteiger partial charge >= 0.3 is 0 Å². The van der Waals surface area contributed by atoms with Crippen molar-refractivity contribution in [2.45, 2.75) is 6.54 Å². The van der Waals surface area contributed by atoms with E-state index in [1.54, 1.807) is 12.1 Å². The normalized spacial score (nSPS) is 13.8. The molecular formula is C15H15N3O. The summed E-state index contributed by atoms with van der Waals surface area (Å²) in [5.74, 6) is 7.60. The molecule has 0 unspecified atom stereocenters. The zero-order valence-corrected chi connectivity index (χ0v) is 10.7. The van der Waals surface area contributed by atoms with Gasteiger partial charge in [-0.25, -0.2) is 10.8 Å². The molecule has 2 aromatic rings. The average molecular weight is 253 g/mol. The maximum atomic E-state index is 6.10. The lowest BCUT2D eigenvalue weighted by atomic mass is 10.1. The van der Waals surface area contributed by atoms with Crippen LogP contribution in [0.1, 0.15) is 11.1 Å². The molecule has 0 fully saturated rings. The highest BCUT2D eigenvalue weighted by Gasteiger charge is 2.20. The Kier molecular flexibility index (Phi) is 2.93. The van der Waals surface area contributed by atoms with Gasteiger partial charge in [0.05, 0.1) is 24.9 Å². The molecule has 1 aliphatic heterocycles. The quantitative estimate of drug-likeness (QED) is 0.836. The Morgan fingerprint density at radius 1 is 1.11 bits per heavy atom. The smallest absolute Gasteiger partial charge is 0.154 e. The first kappa shape index (κ1) is 11.7. The van der Waals surface area contributed by atoms with Crippen molar-refractivity contribution in [1.82, 2.24) is 5.01 Å². The molecule has 0 saturated heterocycles. The standard InChI is InChI=1S/C15H15N3O/c1-19-14-9-5-3-7-12(14)15-17-13-8-4-2-6-11(13)10-18(15)16/h2-9H,10,16H2,1H3. The van der Waals surface area contributed by atoms with Gasteiger partial charge in [0.1, 0.15) is 5.75 Å². The fourth-order valence-electron chi connectivity index (χ4n) is 2.23. The number of hydrogen-bond donors (Lipinski definition) is 1. The molecule has 1 heterocycles. The third-order valence-corrected chi connectivity index (χ3v) is 3.18. The predicted octanol–water partition coefficient (Wildman–Crippen LogP) is 2.46. The van der Waals surface area contributed by atoms with Crippen LogP contribution in [0.4, 0.5) is 5.69 Å². The van der Waals surface area contributed by atoms with E-state index >= 15 is 0 Å². The number of ether oxygens (including phenoxy) is 1. The fourth-order valence-corrected chi connectivity index (χ4v) is 2.23. The van der Waals surface area contributed by atoms with Crippen LogP contribution in [0.3, 0.4) is 0 Å². The van der Waals surface area contributed by atoms with E-state index in [1.165, 1.54) is 0 Å². The van der Waals surface area contributed by atoms with E-state index in [0.29, 0.717) is 6.54 Å². The van der Waals surface area contributed by atoms with E-state index in [0.717, 1.165) is 28.4 Å². The summed E-state index contributed by atoms with van der Waals surface area (Å²) in [6.07, 6.45) is 0. The van der Waals surface area contributed by atoms with Crippen molar-refractivity contribution in [2.75, 3.05) is 7.11 Å². The van der Waals surface area contributed by atoms with E-state index in [-0.39, 0.29) is 0 Å². The summed E-state index contributed by atoms with van der Waals surface area (Å²) in [4.78, 5) is 4.64. The molecule has 4 nitrogen and oxygen atoms in total. The minimum atomic E-state index is 0.646. The number of hydrogen-bond acceptors (Lipinski definition) is 4. The highest BCUT2D eigenvalue weighted by Crippen LogP contribution is 2.29. The summed E-state index contributed by atoms with van der Waals surface area (Å²) >= 11 is 0. The lowest BCUT2D eigenvalue weighted by Crippen LogP contribution is -2.39. The Labute approximate surface area is 112 Å². The van der Waals surface area contributed by atoms with Gasteiger partial charge in [0.2, 0.25) is 0 Å². The molecular weight excluding hydrogens is 238 g/mol. The molecule has 2 aromatic carbocycles. The first-order valence-corrected chi connectivity index (χ1v) is 6.12. The Hall–Kier alpha value is -2.33. The molecule has 3 rings (SSSR count). The van der Waals surface area contributed by atoms with Crippen molar-refractivity contribution < 1.29 is 4.74 Å². The highest BCUT2D eigenvalue weighted by atomic mass is 16.5. The molecule has 0 spiro atoms. The molecule has 2 N–H and O–H groups in total. The zero-order chi connectivity index (χ0) is 13.2. The number of rotatable bonds is 2. The van der Waals surface area contributed by atoms with Crippen LogP contribution < -0.4 is 10.6 Å². The SMILES string of the molecule is COc1ccccc1C1=Nc2ccccc2CN1N. The van der Waals surface area contributed by atoms with Gasteiger partial charge in [-0.2, -0.15) is 0 Å². The molecule has 4 heteroatoms. The number of fused-ring (bicyclic) bond motifs is 1. The van der Waals surface area contributed by atoms with E-state index in [1.807, 2.05) is 48.5 Å². The van der Waals surface area contributed by atoms with Crippen LogP contribution in [-0.2, 0) is 6.54 Å². The minimum Gasteiger partial charge on any atom is -0.496 e. The number of para-hydroxylation sites is 2. The summed E-state index contributed by atoms with van der Waals surface area (Å²) in [6, 6.07) is 15.8. The molecule has 0 aromatic heterocycles. The van der Waals surface area contributed by atoms with E-state index < -0.39 is 0 Å². The van der Waals surface area contributed by atoms with Gasteiger partial charge in [-0.1, -0.05) is 30.3 Å². The van der Waals surface area contributed by atoms with Crippen LogP contribution >= 0.6 is 0 Å². The molecule has 0 saturated carbocycles. The molecule has 0 aliphatic carbocycles. The van der Waals surface area contributed by atoms with Gasteiger partial charge in [-0.3, -0.25) is 5.01 Å². The Balaban J connectivity index is 2.12. The number of amidine groups is 1. The number of aliphatic imine (C=N–C) groups is 1. The summed E-state index contributed by atoms with van der Waals surface area (Å²) in [7, 11) is 1.65. The van der Waals surface area contributed by atoms with Gasteiger partial charge in [0.15, 0.2) is 5.84 Å². The second kappa shape index (κ2) is 4.74. The maximum absolute atomic E-state index is 6.10. The minimum absolute atomic E-state index is 0.646. The van der Waals surface area contributed by atoms with Gasteiger partial charge in [-0.15, -0.1) is 0 Å². The van der Waals surface area contributed by atoms with Gasteiger partial charge < -0.3 is 4.74 Å². The Bertz CT molecular complexity index is 637. The first-order chi connectivity index (χ1) is 9.29. The van der Waals surface area contributed by atoms with Crippen LogP contribution in [0.25, 0.3) is 0 Å². The number of nitrogens with two attached hydrogens (primary N) is 1. The second-order valence-corrected chi connectivity index (χ2v) is 4.39. The van der Waals surface area contributed by atoms with Gasteiger partial charge in [0, 0.05) is 0 Å².